The van der Waals surface area contributed by atoms with E-state index in [1.807, 2.05) is 6.08 Å². The van der Waals surface area contributed by atoms with E-state index in [0.29, 0.717) is 25.7 Å². The number of unbranched alkanes of at least 4 members (excludes halogenated alkanes) is 16. The van der Waals surface area contributed by atoms with Gasteiger partial charge in [-0.1, -0.05) is 172 Å². The Kier molecular flexibility index (Phi) is 34.9. The molecule has 0 heterocycles. The molecule has 0 aliphatic rings. The lowest BCUT2D eigenvalue weighted by Crippen LogP contribution is -2.25. The largest absolute Gasteiger partial charge is 0.463 e. The highest BCUT2D eigenvalue weighted by molar-refractivity contribution is 5.69. The standard InChI is InChI=1S/C43H76O7/c1-4-5-6-7-19-24-30-39(44)31-25-21-22-26-32-40(45)33-28-35-43(48)50-37-41(46)36-49-42(47)34-27-20-17-15-13-11-9-8-10-12-14-16-18-23-29-38(2)3/h19,21-22,24-26,31-32,38-41,44-46H,4-18,20,23,27-30,33-37H2,1-3H3/b22-21+,24-19-,31-25+,32-26-/t39-,40-,41+/m1/s1. The van der Waals surface area contributed by atoms with E-state index in [9.17, 15) is 24.9 Å². The minimum atomic E-state index is -1.06. The normalized spacial score (nSPS) is 14.1. The molecule has 7 heteroatoms. The van der Waals surface area contributed by atoms with Gasteiger partial charge in [0.1, 0.15) is 19.3 Å². The van der Waals surface area contributed by atoms with E-state index in [2.05, 4.69) is 26.8 Å². The molecule has 0 aliphatic carbocycles. The number of esters is 2. The molecule has 0 aromatic rings. The highest BCUT2D eigenvalue weighted by Gasteiger charge is 2.12. The molecule has 0 unspecified atom stereocenters. The number of ether oxygens (including phenoxy) is 2. The van der Waals surface area contributed by atoms with Gasteiger partial charge in [0.2, 0.25) is 0 Å². The van der Waals surface area contributed by atoms with Crippen molar-refractivity contribution in [3.05, 3.63) is 48.6 Å². The van der Waals surface area contributed by atoms with E-state index in [1.54, 1.807) is 36.5 Å². The van der Waals surface area contributed by atoms with Crippen LogP contribution in [-0.4, -0.2) is 58.8 Å². The van der Waals surface area contributed by atoms with Gasteiger partial charge in [-0.05, 0) is 44.4 Å². The van der Waals surface area contributed by atoms with Crippen LogP contribution in [0, 0.1) is 5.92 Å². The van der Waals surface area contributed by atoms with Crippen molar-refractivity contribution in [3.63, 3.8) is 0 Å². The van der Waals surface area contributed by atoms with E-state index < -0.39 is 24.3 Å². The third kappa shape index (κ3) is 37.0. The summed E-state index contributed by atoms with van der Waals surface area (Å²) >= 11 is 0. The van der Waals surface area contributed by atoms with Gasteiger partial charge in [0.05, 0.1) is 12.2 Å². The third-order valence-electron chi connectivity index (χ3n) is 8.69. The molecular formula is C43H76O7. The van der Waals surface area contributed by atoms with Gasteiger partial charge in [-0.2, -0.15) is 0 Å². The van der Waals surface area contributed by atoms with Crippen molar-refractivity contribution in [3.8, 4) is 0 Å². The van der Waals surface area contributed by atoms with Gasteiger partial charge >= 0.3 is 11.9 Å². The summed E-state index contributed by atoms with van der Waals surface area (Å²) in [6.45, 7) is 6.38. The molecule has 0 aromatic carbocycles. The van der Waals surface area contributed by atoms with Crippen LogP contribution in [0.1, 0.15) is 175 Å². The second-order valence-corrected chi connectivity index (χ2v) is 14.3. The molecule has 0 aliphatic heterocycles. The first-order valence-corrected chi connectivity index (χ1v) is 20.3. The van der Waals surface area contributed by atoms with Gasteiger partial charge in [-0.25, -0.2) is 0 Å². The minimum Gasteiger partial charge on any atom is -0.463 e. The average molecular weight is 705 g/mol. The molecule has 50 heavy (non-hydrogen) atoms. The zero-order valence-electron chi connectivity index (χ0n) is 32.3. The van der Waals surface area contributed by atoms with Crippen LogP contribution in [0.25, 0.3) is 0 Å². The average Bonchev–Trinajstić information content (AvgIpc) is 3.09. The van der Waals surface area contributed by atoms with Crippen molar-refractivity contribution >= 4 is 11.9 Å². The summed E-state index contributed by atoms with van der Waals surface area (Å²) in [5.74, 6) is 0.0436. The second kappa shape index (κ2) is 36.6. The predicted molar refractivity (Wildman–Crippen MR) is 208 cm³/mol. The molecule has 3 N–H and O–H groups in total. The Hall–Kier alpha value is -2.22. The smallest absolute Gasteiger partial charge is 0.305 e. The molecule has 0 saturated carbocycles. The number of aliphatic hydroxyl groups is 3. The molecule has 0 aromatic heterocycles. The Morgan fingerprint density at radius 2 is 1.02 bits per heavy atom. The van der Waals surface area contributed by atoms with E-state index in [-0.39, 0.29) is 25.6 Å². The van der Waals surface area contributed by atoms with Crippen molar-refractivity contribution in [2.75, 3.05) is 13.2 Å². The fourth-order valence-corrected chi connectivity index (χ4v) is 5.52. The lowest BCUT2D eigenvalue weighted by molar-refractivity contribution is -0.152. The molecule has 0 rings (SSSR count). The number of aliphatic hydroxyl groups excluding tert-OH is 3. The highest BCUT2D eigenvalue weighted by atomic mass is 16.6. The fraction of sp³-hybridized carbons (Fsp3) is 0.767. The van der Waals surface area contributed by atoms with Gasteiger partial charge in [0, 0.05) is 12.8 Å². The Morgan fingerprint density at radius 3 is 1.54 bits per heavy atom. The van der Waals surface area contributed by atoms with Crippen LogP contribution in [0.15, 0.2) is 48.6 Å². The Morgan fingerprint density at radius 1 is 0.540 bits per heavy atom. The molecule has 0 spiro atoms. The predicted octanol–water partition coefficient (Wildman–Crippen LogP) is 10.4. The van der Waals surface area contributed by atoms with E-state index in [4.69, 9.17) is 9.47 Å². The van der Waals surface area contributed by atoms with Crippen LogP contribution in [0.2, 0.25) is 0 Å². The first-order valence-electron chi connectivity index (χ1n) is 20.3. The van der Waals surface area contributed by atoms with Crippen molar-refractivity contribution in [1.29, 1.82) is 0 Å². The highest BCUT2D eigenvalue weighted by Crippen LogP contribution is 2.15. The van der Waals surface area contributed by atoms with Crippen LogP contribution in [0.3, 0.4) is 0 Å². The molecule has 290 valence electrons. The maximum Gasteiger partial charge on any atom is 0.305 e. The van der Waals surface area contributed by atoms with Gasteiger partial charge in [0.15, 0.2) is 0 Å². The SMILES string of the molecule is CCCCC/C=C\C[C@@H](O)/C=C/C=C/C=C\[C@@H](O)CCCC(=O)OC[C@@H](O)COC(=O)CCCCCCCCCCCCCCCCC(C)C. The molecule has 0 radical (unpaired) electrons. The van der Waals surface area contributed by atoms with Gasteiger partial charge in [-0.15, -0.1) is 0 Å². The summed E-state index contributed by atoms with van der Waals surface area (Å²) in [4.78, 5) is 24.0. The number of carbonyl (C=O) groups excluding carboxylic acids is 2. The van der Waals surface area contributed by atoms with Crippen molar-refractivity contribution < 1.29 is 34.4 Å². The topological polar surface area (TPSA) is 113 Å². The summed E-state index contributed by atoms with van der Waals surface area (Å²) in [5, 5.41) is 30.1. The summed E-state index contributed by atoms with van der Waals surface area (Å²) in [5.41, 5.74) is 0. The lowest BCUT2D eigenvalue weighted by Gasteiger charge is -2.12. The zero-order valence-corrected chi connectivity index (χ0v) is 32.3. The van der Waals surface area contributed by atoms with Crippen LogP contribution in [0.5, 0.6) is 0 Å². The monoisotopic (exact) mass is 705 g/mol. The van der Waals surface area contributed by atoms with Crippen molar-refractivity contribution in [2.45, 2.75) is 193 Å². The van der Waals surface area contributed by atoms with Crippen molar-refractivity contribution in [2.24, 2.45) is 5.92 Å². The van der Waals surface area contributed by atoms with Crippen molar-refractivity contribution in [1.82, 2.24) is 0 Å². The van der Waals surface area contributed by atoms with E-state index in [0.717, 1.165) is 31.6 Å². The molecule has 7 nitrogen and oxygen atoms in total. The van der Waals surface area contributed by atoms with Crippen LogP contribution in [-0.2, 0) is 19.1 Å². The summed E-state index contributed by atoms with van der Waals surface area (Å²) in [6.07, 6.45) is 38.0. The number of hydrogen-bond donors (Lipinski definition) is 3. The van der Waals surface area contributed by atoms with Crippen LogP contribution < -0.4 is 0 Å². The zero-order chi connectivity index (χ0) is 36.9. The van der Waals surface area contributed by atoms with Gasteiger partial charge in [-0.3, -0.25) is 9.59 Å². The molecular weight excluding hydrogens is 628 g/mol. The maximum atomic E-state index is 12.0. The number of hydrogen-bond acceptors (Lipinski definition) is 7. The maximum absolute atomic E-state index is 12.0. The summed E-state index contributed by atoms with van der Waals surface area (Å²) in [6, 6.07) is 0. The summed E-state index contributed by atoms with van der Waals surface area (Å²) < 4.78 is 10.2. The van der Waals surface area contributed by atoms with E-state index >= 15 is 0 Å². The molecule has 0 saturated heterocycles. The number of rotatable bonds is 35. The third-order valence-corrected chi connectivity index (χ3v) is 8.69. The lowest BCUT2D eigenvalue weighted by atomic mass is 10.0. The first-order chi connectivity index (χ1) is 24.2. The minimum absolute atomic E-state index is 0.125. The van der Waals surface area contributed by atoms with Crippen LogP contribution in [0.4, 0.5) is 0 Å². The fourth-order valence-electron chi connectivity index (χ4n) is 5.52. The molecule has 3 atom stereocenters. The quantitative estimate of drug-likeness (QED) is 0.0260. The molecule has 0 fully saturated rings. The number of carbonyl (C=O) groups is 2. The van der Waals surface area contributed by atoms with Gasteiger partial charge < -0.3 is 24.8 Å². The van der Waals surface area contributed by atoms with E-state index in [1.165, 1.54) is 96.3 Å². The van der Waals surface area contributed by atoms with Crippen LogP contribution >= 0.6 is 0 Å². The Bertz CT molecular complexity index is 892. The second-order valence-electron chi connectivity index (χ2n) is 14.3. The molecule has 0 amide bonds. The van der Waals surface area contributed by atoms with Gasteiger partial charge in [0.25, 0.3) is 0 Å². The first kappa shape index (κ1) is 47.8. The Balaban J connectivity index is 3.68. The number of allylic oxidation sites excluding steroid dienone is 5. The molecule has 0 bridgehead atoms. The Labute approximate surface area is 306 Å². The summed E-state index contributed by atoms with van der Waals surface area (Å²) in [7, 11) is 0.